The Bertz CT molecular complexity index is 1350. The number of para-hydroxylation sites is 3. The minimum atomic E-state index is -0.132. The first-order valence-corrected chi connectivity index (χ1v) is 9.25. The van der Waals surface area contributed by atoms with Gasteiger partial charge in [0, 0.05) is 10.9 Å². The van der Waals surface area contributed by atoms with Gasteiger partial charge < -0.3 is 4.74 Å². The van der Waals surface area contributed by atoms with Crippen LogP contribution in [0.15, 0.2) is 85.2 Å². The van der Waals surface area contributed by atoms with Gasteiger partial charge in [0.2, 0.25) is 0 Å². The van der Waals surface area contributed by atoms with Crippen LogP contribution in [0.2, 0.25) is 0 Å². The average Bonchev–Trinajstić information content (AvgIpc) is 3.22. The summed E-state index contributed by atoms with van der Waals surface area (Å²) in [6.07, 6.45) is 1.58. The number of hydrogen-bond acceptors (Lipinski definition) is 4. The largest absolute Gasteiger partial charge is 0.497 e. The molecule has 0 atom stereocenters. The summed E-state index contributed by atoms with van der Waals surface area (Å²) in [4.78, 5) is 22.6. The number of nitrogens with zero attached hydrogens (tertiary/aromatic N) is 3. The standard InChI is InChI=1S/C24H17N3O2/c1-29-17-12-10-16(11-13-17)22-14-19(18-6-2-3-7-20(18)26-22)24(28)27-15-25-21-8-4-5-9-23(21)27/h2-15H,1H3. The number of fused-ring (bicyclic) bond motifs is 2. The molecule has 5 nitrogen and oxygen atoms in total. The summed E-state index contributed by atoms with van der Waals surface area (Å²) in [5, 5.41) is 0.813. The summed E-state index contributed by atoms with van der Waals surface area (Å²) in [5.74, 6) is 0.641. The molecule has 29 heavy (non-hydrogen) atoms. The van der Waals surface area contributed by atoms with Gasteiger partial charge in [-0.05, 0) is 48.5 Å². The zero-order chi connectivity index (χ0) is 19.8. The number of pyridine rings is 1. The first-order valence-electron chi connectivity index (χ1n) is 9.25. The third kappa shape index (κ3) is 2.93. The van der Waals surface area contributed by atoms with Crippen LogP contribution in [0.5, 0.6) is 5.75 Å². The van der Waals surface area contributed by atoms with Gasteiger partial charge in [-0.25, -0.2) is 9.97 Å². The van der Waals surface area contributed by atoms with Crippen molar-refractivity contribution >= 4 is 27.8 Å². The molecule has 0 radical (unpaired) electrons. The Balaban J connectivity index is 1.70. The molecule has 0 aliphatic heterocycles. The molecule has 0 amide bonds. The molecular formula is C24H17N3O2. The highest BCUT2D eigenvalue weighted by Crippen LogP contribution is 2.27. The second-order valence-corrected chi connectivity index (χ2v) is 6.71. The van der Waals surface area contributed by atoms with Crippen LogP contribution < -0.4 is 4.74 Å². The van der Waals surface area contributed by atoms with Crippen molar-refractivity contribution in [3.8, 4) is 17.0 Å². The van der Waals surface area contributed by atoms with Gasteiger partial charge in [-0.3, -0.25) is 9.36 Å². The lowest BCUT2D eigenvalue weighted by Crippen LogP contribution is -2.12. The van der Waals surface area contributed by atoms with Crippen molar-refractivity contribution in [2.24, 2.45) is 0 Å². The van der Waals surface area contributed by atoms with Gasteiger partial charge >= 0.3 is 0 Å². The van der Waals surface area contributed by atoms with E-state index >= 15 is 0 Å². The van der Waals surface area contributed by atoms with E-state index < -0.39 is 0 Å². The summed E-state index contributed by atoms with van der Waals surface area (Å²) in [6, 6.07) is 24.8. The molecule has 5 heteroatoms. The fourth-order valence-corrected chi connectivity index (χ4v) is 3.51. The predicted octanol–water partition coefficient (Wildman–Crippen LogP) is 4.95. The number of ether oxygens (including phenoxy) is 1. The smallest absolute Gasteiger partial charge is 0.264 e. The van der Waals surface area contributed by atoms with E-state index in [0.717, 1.165) is 38.9 Å². The van der Waals surface area contributed by atoms with Gasteiger partial charge in [-0.1, -0.05) is 30.3 Å². The summed E-state index contributed by atoms with van der Waals surface area (Å²) in [5.41, 5.74) is 4.58. The zero-order valence-electron chi connectivity index (χ0n) is 15.7. The van der Waals surface area contributed by atoms with E-state index in [2.05, 4.69) is 4.98 Å². The minimum absolute atomic E-state index is 0.132. The van der Waals surface area contributed by atoms with E-state index in [1.165, 1.54) is 0 Å². The number of carbonyl (C=O) groups excluding carboxylic acids is 1. The lowest BCUT2D eigenvalue weighted by atomic mass is 10.0. The zero-order valence-corrected chi connectivity index (χ0v) is 15.7. The van der Waals surface area contributed by atoms with Crippen LogP contribution >= 0.6 is 0 Å². The van der Waals surface area contributed by atoms with Gasteiger partial charge in [0.1, 0.15) is 12.1 Å². The number of imidazole rings is 1. The minimum Gasteiger partial charge on any atom is -0.497 e. The Hall–Kier alpha value is -3.99. The highest BCUT2D eigenvalue weighted by Gasteiger charge is 2.17. The number of aromatic nitrogens is 3. The van der Waals surface area contributed by atoms with E-state index in [-0.39, 0.29) is 5.91 Å². The second-order valence-electron chi connectivity index (χ2n) is 6.71. The molecule has 0 unspecified atom stereocenters. The topological polar surface area (TPSA) is 57.0 Å². The van der Waals surface area contributed by atoms with Crippen LogP contribution in [-0.4, -0.2) is 27.6 Å². The molecule has 5 aromatic rings. The van der Waals surface area contributed by atoms with Crippen LogP contribution in [0, 0.1) is 0 Å². The van der Waals surface area contributed by atoms with Crippen LogP contribution in [0.3, 0.4) is 0 Å². The third-order valence-electron chi connectivity index (χ3n) is 5.00. The van der Waals surface area contributed by atoms with E-state index in [1.54, 1.807) is 18.0 Å². The summed E-state index contributed by atoms with van der Waals surface area (Å²) < 4.78 is 6.83. The number of hydrogen-bond donors (Lipinski definition) is 0. The predicted molar refractivity (Wildman–Crippen MR) is 113 cm³/mol. The molecule has 2 heterocycles. The van der Waals surface area contributed by atoms with Crippen LogP contribution in [0.4, 0.5) is 0 Å². The third-order valence-corrected chi connectivity index (χ3v) is 5.00. The number of rotatable bonds is 3. The van der Waals surface area contributed by atoms with Crippen molar-refractivity contribution in [3.63, 3.8) is 0 Å². The molecule has 0 fully saturated rings. The van der Waals surface area contributed by atoms with Gasteiger partial charge in [0.15, 0.2) is 0 Å². The van der Waals surface area contributed by atoms with Crippen LogP contribution in [0.1, 0.15) is 10.4 Å². The van der Waals surface area contributed by atoms with Crippen molar-refractivity contribution in [2.45, 2.75) is 0 Å². The maximum atomic E-state index is 13.5. The first kappa shape index (κ1) is 17.1. The second kappa shape index (κ2) is 6.87. The number of carbonyl (C=O) groups is 1. The maximum absolute atomic E-state index is 13.5. The SMILES string of the molecule is COc1ccc(-c2cc(C(=O)n3cnc4ccccc43)c3ccccc3n2)cc1. The van der Waals surface area contributed by atoms with Crippen molar-refractivity contribution in [2.75, 3.05) is 7.11 Å². The molecule has 0 saturated heterocycles. The Labute approximate surface area is 167 Å². The Morgan fingerprint density at radius 1 is 0.897 bits per heavy atom. The number of benzene rings is 3. The van der Waals surface area contributed by atoms with Crippen molar-refractivity contribution in [1.82, 2.24) is 14.5 Å². The fourth-order valence-electron chi connectivity index (χ4n) is 3.51. The monoisotopic (exact) mass is 379 g/mol. The summed E-state index contributed by atoms with van der Waals surface area (Å²) >= 11 is 0. The molecule has 0 saturated carbocycles. The maximum Gasteiger partial charge on any atom is 0.264 e. The lowest BCUT2D eigenvalue weighted by molar-refractivity contribution is 0.0966. The first-order chi connectivity index (χ1) is 14.2. The Morgan fingerprint density at radius 2 is 1.62 bits per heavy atom. The highest BCUT2D eigenvalue weighted by molar-refractivity contribution is 6.10. The average molecular weight is 379 g/mol. The molecule has 2 aromatic heterocycles. The number of methoxy groups -OCH3 is 1. The van der Waals surface area contributed by atoms with E-state index in [4.69, 9.17) is 9.72 Å². The van der Waals surface area contributed by atoms with E-state index in [0.29, 0.717) is 5.56 Å². The van der Waals surface area contributed by atoms with Gasteiger partial charge in [-0.15, -0.1) is 0 Å². The van der Waals surface area contributed by atoms with Crippen LogP contribution in [0.25, 0.3) is 33.2 Å². The van der Waals surface area contributed by atoms with Gasteiger partial charge in [0.25, 0.3) is 5.91 Å². The normalized spacial score (nSPS) is 11.1. The molecular weight excluding hydrogens is 362 g/mol. The van der Waals surface area contributed by atoms with Gasteiger partial charge in [0.05, 0.1) is 34.9 Å². The van der Waals surface area contributed by atoms with E-state index in [1.807, 2.05) is 78.9 Å². The molecule has 0 aliphatic carbocycles. The molecule has 3 aromatic carbocycles. The van der Waals surface area contributed by atoms with E-state index in [9.17, 15) is 4.79 Å². The molecule has 0 aliphatic rings. The molecule has 0 bridgehead atoms. The lowest BCUT2D eigenvalue weighted by Gasteiger charge is -2.10. The summed E-state index contributed by atoms with van der Waals surface area (Å²) in [7, 11) is 1.63. The molecule has 140 valence electrons. The summed E-state index contributed by atoms with van der Waals surface area (Å²) in [6.45, 7) is 0. The fraction of sp³-hybridized carbons (Fsp3) is 0.0417. The quantitative estimate of drug-likeness (QED) is 0.445. The Morgan fingerprint density at radius 3 is 2.41 bits per heavy atom. The van der Waals surface area contributed by atoms with Crippen molar-refractivity contribution < 1.29 is 9.53 Å². The molecule has 0 spiro atoms. The van der Waals surface area contributed by atoms with Crippen molar-refractivity contribution in [1.29, 1.82) is 0 Å². The molecule has 5 rings (SSSR count). The van der Waals surface area contributed by atoms with Crippen molar-refractivity contribution in [3.05, 3.63) is 90.8 Å². The highest BCUT2D eigenvalue weighted by atomic mass is 16.5. The van der Waals surface area contributed by atoms with Crippen LogP contribution in [-0.2, 0) is 0 Å². The Kier molecular flexibility index (Phi) is 4.06. The molecule has 0 N–H and O–H groups in total. The van der Waals surface area contributed by atoms with Gasteiger partial charge in [-0.2, -0.15) is 0 Å².